The summed E-state index contributed by atoms with van der Waals surface area (Å²) in [6.45, 7) is 0.908. The summed E-state index contributed by atoms with van der Waals surface area (Å²) < 4.78 is 6.98. The van der Waals surface area contributed by atoms with Crippen molar-refractivity contribution in [1.82, 2.24) is 14.5 Å². The lowest BCUT2D eigenvalue weighted by Crippen LogP contribution is -2.38. The predicted molar refractivity (Wildman–Crippen MR) is 119 cm³/mol. The molecule has 0 spiro atoms. The minimum Gasteiger partial charge on any atom is -0.456 e. The topological polar surface area (TPSA) is 81.5 Å². The van der Waals surface area contributed by atoms with Crippen LogP contribution in [0.25, 0.3) is 10.9 Å². The second-order valence-electron chi connectivity index (χ2n) is 8.45. The number of ether oxygens (including phenoxy) is 1. The van der Waals surface area contributed by atoms with Crippen molar-refractivity contribution in [2.45, 2.75) is 44.7 Å². The third-order valence-electron chi connectivity index (χ3n) is 6.19. The molecule has 1 saturated carbocycles. The van der Waals surface area contributed by atoms with Crippen molar-refractivity contribution < 1.29 is 14.3 Å². The van der Waals surface area contributed by atoms with Gasteiger partial charge >= 0.3 is 5.97 Å². The molecule has 7 heteroatoms. The Morgan fingerprint density at radius 2 is 1.78 bits per heavy atom. The number of hydrogen-bond acceptors (Lipinski definition) is 5. The second kappa shape index (κ2) is 8.57. The van der Waals surface area contributed by atoms with Crippen LogP contribution in [0.4, 0.5) is 0 Å². The molecule has 2 heterocycles. The third-order valence-corrected chi connectivity index (χ3v) is 6.19. The highest BCUT2D eigenvalue weighted by molar-refractivity contribution is 5.81. The first kappa shape index (κ1) is 20.4. The lowest BCUT2D eigenvalue weighted by Gasteiger charge is -2.28. The number of aromatic nitrogens is 2. The van der Waals surface area contributed by atoms with E-state index in [4.69, 9.17) is 4.74 Å². The SMILES string of the molecule is O=C(CCc1nc2ccccc2c(=O)n1C1CC1)OCC(=O)N1CCc2ccccc2C1. The Balaban J connectivity index is 1.20. The molecule has 0 unspecified atom stereocenters. The number of carbonyl (C=O) groups is 2. The summed E-state index contributed by atoms with van der Waals surface area (Å²) in [5, 5.41) is 0.597. The van der Waals surface area contributed by atoms with Crippen molar-refractivity contribution in [3.63, 3.8) is 0 Å². The van der Waals surface area contributed by atoms with E-state index in [1.54, 1.807) is 15.5 Å². The number of esters is 1. The molecular weight excluding hydrogens is 406 g/mol. The molecule has 1 amide bonds. The number of amides is 1. The van der Waals surface area contributed by atoms with E-state index in [0.29, 0.717) is 36.2 Å². The quantitative estimate of drug-likeness (QED) is 0.561. The van der Waals surface area contributed by atoms with Crippen LogP contribution in [0.15, 0.2) is 53.3 Å². The van der Waals surface area contributed by atoms with Gasteiger partial charge in [0.25, 0.3) is 11.5 Å². The van der Waals surface area contributed by atoms with Crippen molar-refractivity contribution in [3.8, 4) is 0 Å². The fraction of sp³-hybridized carbons (Fsp3) is 0.360. The van der Waals surface area contributed by atoms with Gasteiger partial charge in [0.15, 0.2) is 6.61 Å². The highest BCUT2D eigenvalue weighted by Gasteiger charge is 2.28. The van der Waals surface area contributed by atoms with Crippen LogP contribution in [0, 0.1) is 0 Å². The fourth-order valence-corrected chi connectivity index (χ4v) is 4.31. The molecule has 0 saturated heterocycles. The van der Waals surface area contributed by atoms with E-state index in [9.17, 15) is 14.4 Å². The Morgan fingerprint density at radius 3 is 2.59 bits per heavy atom. The van der Waals surface area contributed by atoms with Gasteiger partial charge in [0, 0.05) is 25.6 Å². The Kier molecular flexibility index (Phi) is 5.47. The lowest BCUT2D eigenvalue weighted by atomic mass is 10.00. The maximum Gasteiger partial charge on any atom is 0.306 e. The van der Waals surface area contributed by atoms with Gasteiger partial charge in [-0.1, -0.05) is 36.4 Å². The number of fused-ring (bicyclic) bond motifs is 2. The van der Waals surface area contributed by atoms with Gasteiger partial charge < -0.3 is 9.64 Å². The number of aryl methyl sites for hydroxylation is 1. The Morgan fingerprint density at radius 1 is 1.03 bits per heavy atom. The molecular formula is C25H25N3O4. The van der Waals surface area contributed by atoms with Gasteiger partial charge in [-0.25, -0.2) is 4.98 Å². The summed E-state index contributed by atoms with van der Waals surface area (Å²) >= 11 is 0. The average Bonchev–Trinajstić information content (AvgIpc) is 3.66. The van der Waals surface area contributed by atoms with E-state index in [1.807, 2.05) is 36.4 Å². The molecule has 164 valence electrons. The monoisotopic (exact) mass is 431 g/mol. The van der Waals surface area contributed by atoms with Gasteiger partial charge in [-0.05, 0) is 42.5 Å². The predicted octanol–water partition coefficient (Wildman–Crippen LogP) is 2.79. The molecule has 2 aromatic carbocycles. The van der Waals surface area contributed by atoms with Crippen molar-refractivity contribution in [1.29, 1.82) is 0 Å². The average molecular weight is 431 g/mol. The summed E-state index contributed by atoms with van der Waals surface area (Å²) in [5.41, 5.74) is 2.98. The summed E-state index contributed by atoms with van der Waals surface area (Å²) in [6, 6.07) is 15.5. The maximum atomic E-state index is 12.9. The molecule has 2 aliphatic rings. The molecule has 1 aliphatic heterocycles. The highest BCUT2D eigenvalue weighted by atomic mass is 16.5. The highest BCUT2D eigenvalue weighted by Crippen LogP contribution is 2.35. The van der Waals surface area contributed by atoms with Crippen LogP contribution in [0.1, 0.15) is 42.3 Å². The van der Waals surface area contributed by atoms with Crippen molar-refractivity contribution >= 4 is 22.8 Å². The summed E-state index contributed by atoms with van der Waals surface area (Å²) in [6.07, 6.45) is 3.09. The summed E-state index contributed by atoms with van der Waals surface area (Å²) in [7, 11) is 0. The van der Waals surface area contributed by atoms with E-state index in [2.05, 4.69) is 11.1 Å². The number of nitrogens with zero attached hydrogens (tertiary/aromatic N) is 3. The molecule has 0 bridgehead atoms. The van der Waals surface area contributed by atoms with Crippen molar-refractivity contribution in [2.24, 2.45) is 0 Å². The third kappa shape index (κ3) is 4.15. The largest absolute Gasteiger partial charge is 0.456 e. The van der Waals surface area contributed by atoms with Crippen LogP contribution in [-0.4, -0.2) is 39.5 Å². The number of carbonyl (C=O) groups excluding carboxylic acids is 2. The molecule has 3 aromatic rings. The Bertz CT molecular complexity index is 1250. The number of benzene rings is 2. The first-order valence-electron chi connectivity index (χ1n) is 11.1. The molecule has 1 fully saturated rings. The molecule has 0 N–H and O–H groups in total. The fourth-order valence-electron chi connectivity index (χ4n) is 4.31. The molecule has 7 nitrogen and oxygen atoms in total. The van der Waals surface area contributed by atoms with Crippen LogP contribution < -0.4 is 5.56 Å². The molecule has 1 aliphatic carbocycles. The van der Waals surface area contributed by atoms with Crippen LogP contribution >= 0.6 is 0 Å². The Labute approximate surface area is 185 Å². The first-order valence-corrected chi connectivity index (χ1v) is 11.1. The van der Waals surface area contributed by atoms with E-state index in [1.165, 1.54) is 5.56 Å². The van der Waals surface area contributed by atoms with Crippen LogP contribution in [0.2, 0.25) is 0 Å². The summed E-state index contributed by atoms with van der Waals surface area (Å²) in [4.78, 5) is 44.1. The van der Waals surface area contributed by atoms with Crippen molar-refractivity contribution in [2.75, 3.05) is 13.2 Å². The molecule has 5 rings (SSSR count). The lowest BCUT2D eigenvalue weighted by molar-refractivity contribution is -0.152. The standard InChI is InChI=1S/C25H25N3O4/c29-23(27-14-13-17-5-1-2-6-18(17)15-27)16-32-24(30)12-11-22-26-21-8-4-3-7-20(21)25(31)28(22)19-9-10-19/h1-8,19H,9-16H2. The van der Waals surface area contributed by atoms with Gasteiger partial charge in [-0.2, -0.15) is 0 Å². The van der Waals surface area contributed by atoms with E-state index in [0.717, 1.165) is 24.8 Å². The maximum absolute atomic E-state index is 12.9. The van der Waals surface area contributed by atoms with Gasteiger partial charge in [-0.3, -0.25) is 19.0 Å². The molecule has 32 heavy (non-hydrogen) atoms. The molecule has 1 aromatic heterocycles. The molecule has 0 radical (unpaired) electrons. The number of para-hydroxylation sites is 1. The number of rotatable bonds is 6. The van der Waals surface area contributed by atoms with Crippen molar-refractivity contribution in [3.05, 3.63) is 75.8 Å². The van der Waals surface area contributed by atoms with Crippen LogP contribution in [0.3, 0.4) is 0 Å². The van der Waals surface area contributed by atoms with Gasteiger partial charge in [0.1, 0.15) is 5.82 Å². The normalized spacial score (nSPS) is 15.4. The van der Waals surface area contributed by atoms with Crippen LogP contribution in [-0.2, 0) is 33.7 Å². The minimum absolute atomic E-state index is 0.0537. The van der Waals surface area contributed by atoms with Gasteiger partial charge in [0.2, 0.25) is 0 Å². The van der Waals surface area contributed by atoms with E-state index < -0.39 is 5.97 Å². The molecule has 0 atom stereocenters. The summed E-state index contributed by atoms with van der Waals surface area (Å²) in [5.74, 6) is -0.0424. The zero-order valence-electron chi connectivity index (χ0n) is 17.8. The van der Waals surface area contributed by atoms with Gasteiger partial charge in [0.05, 0.1) is 17.3 Å². The second-order valence-corrected chi connectivity index (χ2v) is 8.45. The number of hydrogen-bond donors (Lipinski definition) is 0. The Hall–Kier alpha value is -3.48. The van der Waals surface area contributed by atoms with Crippen LogP contribution in [0.5, 0.6) is 0 Å². The minimum atomic E-state index is -0.458. The van der Waals surface area contributed by atoms with E-state index in [-0.39, 0.29) is 30.5 Å². The van der Waals surface area contributed by atoms with E-state index >= 15 is 0 Å². The first-order chi connectivity index (χ1) is 15.6. The van der Waals surface area contributed by atoms with Gasteiger partial charge in [-0.15, -0.1) is 0 Å². The zero-order valence-corrected chi connectivity index (χ0v) is 17.8. The zero-order chi connectivity index (χ0) is 22.1. The smallest absolute Gasteiger partial charge is 0.306 e.